The van der Waals surface area contributed by atoms with Gasteiger partial charge in [0.15, 0.2) is 5.69 Å². The molecule has 0 saturated heterocycles. The Balaban J connectivity index is 1.78. The highest BCUT2D eigenvalue weighted by Crippen LogP contribution is 2.17. The van der Waals surface area contributed by atoms with Crippen LogP contribution in [0, 0.1) is 5.82 Å². The second-order valence-electron chi connectivity index (χ2n) is 5.49. The third kappa shape index (κ3) is 3.92. The smallest absolute Gasteiger partial charge is 0.276 e. The first-order valence-electron chi connectivity index (χ1n) is 8.09. The van der Waals surface area contributed by atoms with Crippen molar-refractivity contribution in [1.82, 2.24) is 15.1 Å². The third-order valence-electron chi connectivity index (χ3n) is 3.75. The molecule has 3 rings (SSSR count). The monoisotopic (exact) mass is 338 g/mol. The van der Waals surface area contributed by atoms with Gasteiger partial charge >= 0.3 is 0 Å². The molecule has 0 unspecified atom stereocenters. The number of hydrogen-bond donors (Lipinski definition) is 2. The Bertz CT molecular complexity index is 875. The van der Waals surface area contributed by atoms with Gasteiger partial charge in [0.25, 0.3) is 5.91 Å². The fourth-order valence-corrected chi connectivity index (χ4v) is 2.46. The van der Waals surface area contributed by atoms with Gasteiger partial charge < -0.3 is 10.6 Å². The van der Waals surface area contributed by atoms with Crippen molar-refractivity contribution in [3.05, 3.63) is 77.9 Å². The predicted molar refractivity (Wildman–Crippen MR) is 95.3 cm³/mol. The fraction of sp³-hybridized carbons (Fsp3) is 0.158. The van der Waals surface area contributed by atoms with Crippen molar-refractivity contribution in [2.24, 2.45) is 0 Å². The Kier molecular flexibility index (Phi) is 5.20. The Morgan fingerprint density at radius 2 is 1.88 bits per heavy atom. The van der Waals surface area contributed by atoms with Crippen LogP contribution >= 0.6 is 0 Å². The zero-order valence-electron chi connectivity index (χ0n) is 13.9. The van der Waals surface area contributed by atoms with Crippen LogP contribution in [0.3, 0.4) is 0 Å². The molecule has 3 aromatic rings. The van der Waals surface area contributed by atoms with Gasteiger partial charge in [-0.2, -0.15) is 5.10 Å². The van der Waals surface area contributed by atoms with E-state index in [0.717, 1.165) is 17.8 Å². The van der Waals surface area contributed by atoms with Crippen LogP contribution < -0.4 is 10.6 Å². The van der Waals surface area contributed by atoms with Crippen LogP contribution in [0.25, 0.3) is 5.69 Å². The first-order chi connectivity index (χ1) is 12.2. The van der Waals surface area contributed by atoms with E-state index in [0.29, 0.717) is 12.2 Å². The minimum atomic E-state index is -0.395. The summed E-state index contributed by atoms with van der Waals surface area (Å²) in [5.41, 5.74) is 2.25. The molecule has 0 radical (unpaired) electrons. The number of nitrogens with zero attached hydrogens (tertiary/aromatic N) is 2. The maximum Gasteiger partial charge on any atom is 0.276 e. The molecule has 0 aliphatic carbocycles. The number of amides is 1. The molecule has 5 nitrogen and oxygen atoms in total. The summed E-state index contributed by atoms with van der Waals surface area (Å²) in [7, 11) is 0. The first kappa shape index (κ1) is 16.9. The van der Waals surface area contributed by atoms with Crippen molar-refractivity contribution in [1.29, 1.82) is 0 Å². The topological polar surface area (TPSA) is 58.9 Å². The van der Waals surface area contributed by atoms with Gasteiger partial charge in [-0.3, -0.25) is 4.79 Å². The summed E-state index contributed by atoms with van der Waals surface area (Å²) in [6.45, 7) is 3.53. The quantitative estimate of drug-likeness (QED) is 0.724. The van der Waals surface area contributed by atoms with Gasteiger partial charge in [0.05, 0.1) is 0 Å². The summed E-state index contributed by atoms with van der Waals surface area (Å²) in [4.78, 5) is 12.5. The van der Waals surface area contributed by atoms with Crippen molar-refractivity contribution in [2.45, 2.75) is 13.5 Å². The van der Waals surface area contributed by atoms with E-state index in [1.165, 1.54) is 10.7 Å². The van der Waals surface area contributed by atoms with E-state index in [2.05, 4.69) is 15.7 Å². The van der Waals surface area contributed by atoms with Gasteiger partial charge in [-0.1, -0.05) is 37.3 Å². The number of halogens is 1. The number of carbonyl (C=O) groups is 1. The maximum absolute atomic E-state index is 13.8. The van der Waals surface area contributed by atoms with E-state index in [1.54, 1.807) is 30.5 Å². The van der Waals surface area contributed by atoms with Crippen LogP contribution in [0.5, 0.6) is 0 Å². The summed E-state index contributed by atoms with van der Waals surface area (Å²) in [6.07, 6.45) is 1.57. The highest BCUT2D eigenvalue weighted by atomic mass is 19.1. The predicted octanol–water partition coefficient (Wildman–Crippen LogP) is 3.37. The maximum atomic E-state index is 13.8. The van der Waals surface area contributed by atoms with E-state index < -0.39 is 5.82 Å². The molecule has 6 heteroatoms. The molecule has 1 aromatic heterocycles. The molecule has 0 spiro atoms. The van der Waals surface area contributed by atoms with Crippen LogP contribution in [-0.2, 0) is 6.54 Å². The number of benzene rings is 2. The van der Waals surface area contributed by atoms with Crippen molar-refractivity contribution in [3.63, 3.8) is 0 Å². The van der Waals surface area contributed by atoms with Gasteiger partial charge in [-0.05, 0) is 36.4 Å². The molecular weight excluding hydrogens is 319 g/mol. The number of carbonyl (C=O) groups excluding carboxylic acids is 1. The average molecular weight is 338 g/mol. The van der Waals surface area contributed by atoms with E-state index in [-0.39, 0.29) is 11.6 Å². The number of rotatable bonds is 6. The van der Waals surface area contributed by atoms with Crippen LogP contribution in [0.4, 0.5) is 10.1 Å². The van der Waals surface area contributed by atoms with E-state index >= 15 is 0 Å². The average Bonchev–Trinajstić information content (AvgIpc) is 3.11. The minimum Gasteiger partial charge on any atom is -0.320 e. The highest BCUT2D eigenvalue weighted by molar-refractivity contribution is 6.03. The Morgan fingerprint density at radius 1 is 1.12 bits per heavy atom. The summed E-state index contributed by atoms with van der Waals surface area (Å²) < 4.78 is 15.2. The van der Waals surface area contributed by atoms with Gasteiger partial charge in [-0.15, -0.1) is 0 Å². The second-order valence-corrected chi connectivity index (χ2v) is 5.49. The molecule has 25 heavy (non-hydrogen) atoms. The SMILES string of the molecule is CCNCc1ccccc1NC(=O)c1ccn(-c2ccccc2F)n1. The first-order valence-corrected chi connectivity index (χ1v) is 8.09. The van der Waals surface area contributed by atoms with Crippen molar-refractivity contribution in [3.8, 4) is 5.69 Å². The van der Waals surface area contributed by atoms with E-state index in [9.17, 15) is 9.18 Å². The summed E-state index contributed by atoms with van der Waals surface area (Å²) in [6, 6.07) is 15.4. The molecule has 0 aliphatic rings. The lowest BCUT2D eigenvalue weighted by Gasteiger charge is -2.10. The molecular formula is C19H19FN4O. The second kappa shape index (κ2) is 7.72. The highest BCUT2D eigenvalue weighted by Gasteiger charge is 2.13. The molecule has 128 valence electrons. The Labute approximate surface area is 145 Å². The molecule has 0 aliphatic heterocycles. The summed E-state index contributed by atoms with van der Waals surface area (Å²) in [5, 5.41) is 10.3. The largest absolute Gasteiger partial charge is 0.320 e. The van der Waals surface area contributed by atoms with Gasteiger partial charge in [0, 0.05) is 18.4 Å². The third-order valence-corrected chi connectivity index (χ3v) is 3.75. The lowest BCUT2D eigenvalue weighted by molar-refractivity contribution is 0.102. The Morgan fingerprint density at radius 3 is 2.68 bits per heavy atom. The lowest BCUT2D eigenvalue weighted by Crippen LogP contribution is -2.17. The molecule has 2 aromatic carbocycles. The molecule has 0 saturated carbocycles. The van der Waals surface area contributed by atoms with Gasteiger partial charge in [-0.25, -0.2) is 9.07 Å². The van der Waals surface area contributed by atoms with Crippen LogP contribution in [0.2, 0.25) is 0 Å². The summed E-state index contributed by atoms with van der Waals surface area (Å²) in [5.74, 6) is -0.729. The minimum absolute atomic E-state index is 0.224. The number of anilines is 1. The van der Waals surface area contributed by atoms with Gasteiger partial charge in [0.1, 0.15) is 11.5 Å². The summed E-state index contributed by atoms with van der Waals surface area (Å²) >= 11 is 0. The standard InChI is InChI=1S/C19H19FN4O/c1-2-21-13-14-7-3-5-9-16(14)22-19(25)17-11-12-24(23-17)18-10-6-4-8-15(18)20/h3-12,21H,2,13H2,1H3,(H,22,25). The van der Waals surface area contributed by atoms with Crippen LogP contribution in [-0.4, -0.2) is 22.2 Å². The number of hydrogen-bond acceptors (Lipinski definition) is 3. The van der Waals surface area contributed by atoms with Crippen LogP contribution in [0.1, 0.15) is 23.0 Å². The Hall–Kier alpha value is -2.99. The molecule has 1 heterocycles. The zero-order valence-corrected chi connectivity index (χ0v) is 13.9. The molecule has 1 amide bonds. The number of aromatic nitrogens is 2. The van der Waals surface area contributed by atoms with Crippen LogP contribution in [0.15, 0.2) is 60.8 Å². The number of para-hydroxylation sites is 2. The van der Waals surface area contributed by atoms with Crippen molar-refractivity contribution >= 4 is 11.6 Å². The molecule has 0 atom stereocenters. The zero-order chi connectivity index (χ0) is 17.6. The molecule has 2 N–H and O–H groups in total. The number of nitrogens with one attached hydrogen (secondary N) is 2. The molecule has 0 bridgehead atoms. The molecule has 0 fully saturated rings. The lowest BCUT2D eigenvalue weighted by atomic mass is 10.1. The fourth-order valence-electron chi connectivity index (χ4n) is 2.46. The van der Waals surface area contributed by atoms with Crippen molar-refractivity contribution in [2.75, 3.05) is 11.9 Å². The normalized spacial score (nSPS) is 10.6. The van der Waals surface area contributed by atoms with E-state index in [1.807, 2.05) is 31.2 Å². The van der Waals surface area contributed by atoms with Gasteiger partial charge in [0.2, 0.25) is 0 Å². The van der Waals surface area contributed by atoms with E-state index in [4.69, 9.17) is 0 Å². The van der Waals surface area contributed by atoms with Crippen molar-refractivity contribution < 1.29 is 9.18 Å².